The second-order valence-corrected chi connectivity index (χ2v) is 4.07. The smallest absolute Gasteiger partial charge is 0.323 e. The van der Waals surface area contributed by atoms with Crippen molar-refractivity contribution < 1.29 is 14.7 Å². The van der Waals surface area contributed by atoms with E-state index in [2.05, 4.69) is 0 Å². The molecule has 15 heavy (non-hydrogen) atoms. The minimum Gasteiger partial charge on any atom is -0.480 e. The lowest BCUT2D eigenvalue weighted by Gasteiger charge is -2.23. The molecule has 5 nitrogen and oxygen atoms in total. The van der Waals surface area contributed by atoms with E-state index >= 15 is 0 Å². The van der Waals surface area contributed by atoms with Crippen LogP contribution in [0.3, 0.4) is 0 Å². The summed E-state index contributed by atoms with van der Waals surface area (Å²) in [6.07, 6.45) is 2.46. The van der Waals surface area contributed by atoms with Gasteiger partial charge in [-0.05, 0) is 25.8 Å². The molecule has 0 heterocycles. The van der Waals surface area contributed by atoms with Gasteiger partial charge in [-0.15, -0.1) is 0 Å². The first kappa shape index (κ1) is 12.0. The molecule has 1 saturated carbocycles. The standard InChI is InChI=1S/C10H18N2O3/c1-7(4-5-11)10(15)12(6-9(13)14)8-2-3-8/h7-8H,2-6,11H2,1H3,(H,13,14). The Morgan fingerprint density at radius 1 is 1.53 bits per heavy atom. The van der Waals surface area contributed by atoms with E-state index in [0.717, 1.165) is 12.8 Å². The summed E-state index contributed by atoms with van der Waals surface area (Å²) in [5.74, 6) is -1.20. The maximum absolute atomic E-state index is 11.9. The van der Waals surface area contributed by atoms with E-state index < -0.39 is 5.97 Å². The molecule has 1 fully saturated rings. The van der Waals surface area contributed by atoms with Crippen molar-refractivity contribution in [2.45, 2.75) is 32.2 Å². The summed E-state index contributed by atoms with van der Waals surface area (Å²) in [7, 11) is 0. The SMILES string of the molecule is CC(CCN)C(=O)N(CC(=O)O)C1CC1. The van der Waals surface area contributed by atoms with Crippen LogP contribution in [0.2, 0.25) is 0 Å². The predicted molar refractivity (Wildman–Crippen MR) is 55.2 cm³/mol. The van der Waals surface area contributed by atoms with Crippen molar-refractivity contribution in [1.82, 2.24) is 4.90 Å². The van der Waals surface area contributed by atoms with Gasteiger partial charge in [-0.3, -0.25) is 9.59 Å². The zero-order valence-corrected chi connectivity index (χ0v) is 8.98. The van der Waals surface area contributed by atoms with Crippen molar-refractivity contribution in [3.63, 3.8) is 0 Å². The molecule has 86 valence electrons. The molecule has 1 aliphatic rings. The highest BCUT2D eigenvalue weighted by atomic mass is 16.4. The van der Waals surface area contributed by atoms with Gasteiger partial charge in [0.25, 0.3) is 0 Å². The molecule has 1 atom stereocenters. The van der Waals surface area contributed by atoms with E-state index in [9.17, 15) is 9.59 Å². The molecular weight excluding hydrogens is 196 g/mol. The van der Waals surface area contributed by atoms with E-state index in [1.807, 2.05) is 0 Å². The van der Waals surface area contributed by atoms with Crippen LogP contribution in [0.15, 0.2) is 0 Å². The number of nitrogens with zero attached hydrogens (tertiary/aromatic N) is 1. The number of rotatable bonds is 6. The lowest BCUT2D eigenvalue weighted by Crippen LogP contribution is -2.40. The number of carbonyl (C=O) groups excluding carboxylic acids is 1. The Bertz CT molecular complexity index is 251. The van der Waals surface area contributed by atoms with Gasteiger partial charge in [0, 0.05) is 12.0 Å². The minimum absolute atomic E-state index is 0.0784. The fourth-order valence-electron chi connectivity index (χ4n) is 1.58. The molecule has 1 amide bonds. The quantitative estimate of drug-likeness (QED) is 0.654. The lowest BCUT2D eigenvalue weighted by atomic mass is 10.1. The summed E-state index contributed by atoms with van der Waals surface area (Å²) < 4.78 is 0. The zero-order chi connectivity index (χ0) is 11.4. The van der Waals surface area contributed by atoms with Crippen LogP contribution in [0, 0.1) is 5.92 Å². The van der Waals surface area contributed by atoms with Gasteiger partial charge in [-0.25, -0.2) is 0 Å². The van der Waals surface area contributed by atoms with E-state index in [1.165, 1.54) is 4.90 Å². The van der Waals surface area contributed by atoms with Crippen LogP contribution in [0.1, 0.15) is 26.2 Å². The van der Waals surface area contributed by atoms with E-state index in [-0.39, 0.29) is 24.4 Å². The predicted octanol–water partition coefficient (Wildman–Crippen LogP) is 0.0469. The average molecular weight is 214 g/mol. The third-order valence-electron chi connectivity index (χ3n) is 2.60. The topological polar surface area (TPSA) is 83.6 Å². The van der Waals surface area contributed by atoms with Crippen LogP contribution in [0.5, 0.6) is 0 Å². The van der Waals surface area contributed by atoms with Gasteiger partial charge in [0.1, 0.15) is 6.54 Å². The van der Waals surface area contributed by atoms with E-state index in [4.69, 9.17) is 10.8 Å². The Morgan fingerprint density at radius 3 is 2.53 bits per heavy atom. The molecule has 0 bridgehead atoms. The molecule has 0 saturated heterocycles. The minimum atomic E-state index is -0.949. The normalized spacial score (nSPS) is 17.2. The zero-order valence-electron chi connectivity index (χ0n) is 8.98. The van der Waals surface area contributed by atoms with Crippen molar-refractivity contribution in [2.24, 2.45) is 11.7 Å². The molecule has 0 aromatic rings. The molecule has 1 rings (SSSR count). The Labute approximate surface area is 89.2 Å². The van der Waals surface area contributed by atoms with Gasteiger partial charge in [0.05, 0.1) is 0 Å². The molecule has 3 N–H and O–H groups in total. The van der Waals surface area contributed by atoms with Crippen LogP contribution in [0.4, 0.5) is 0 Å². The molecule has 0 aromatic heterocycles. The summed E-state index contributed by atoms with van der Waals surface area (Å²) in [5.41, 5.74) is 5.37. The number of carboxylic acid groups (broad SMARTS) is 1. The fourth-order valence-corrected chi connectivity index (χ4v) is 1.58. The molecule has 5 heteroatoms. The molecule has 0 radical (unpaired) electrons. The first-order valence-corrected chi connectivity index (χ1v) is 5.28. The first-order chi connectivity index (χ1) is 7.06. The maximum Gasteiger partial charge on any atom is 0.323 e. The second-order valence-electron chi connectivity index (χ2n) is 4.07. The number of carboxylic acids is 1. The summed E-state index contributed by atoms with van der Waals surface area (Å²) in [5, 5.41) is 8.70. The number of aliphatic carboxylic acids is 1. The highest BCUT2D eigenvalue weighted by Crippen LogP contribution is 2.28. The molecular formula is C10H18N2O3. The Hall–Kier alpha value is -1.10. The van der Waals surface area contributed by atoms with Crippen LogP contribution in [-0.4, -0.2) is 41.0 Å². The highest BCUT2D eigenvalue weighted by molar-refractivity contribution is 5.83. The first-order valence-electron chi connectivity index (χ1n) is 5.28. The van der Waals surface area contributed by atoms with E-state index in [0.29, 0.717) is 13.0 Å². The van der Waals surface area contributed by atoms with Crippen LogP contribution in [0.25, 0.3) is 0 Å². The Kier molecular flexibility index (Phi) is 4.08. The Balaban J connectivity index is 2.54. The van der Waals surface area contributed by atoms with E-state index in [1.54, 1.807) is 6.92 Å². The summed E-state index contributed by atoms with van der Waals surface area (Å²) in [6, 6.07) is 0.147. The van der Waals surface area contributed by atoms with Gasteiger partial charge >= 0.3 is 5.97 Å². The van der Waals surface area contributed by atoms with Gasteiger partial charge in [0.2, 0.25) is 5.91 Å². The van der Waals surface area contributed by atoms with Crippen LogP contribution >= 0.6 is 0 Å². The number of hydrogen-bond donors (Lipinski definition) is 2. The average Bonchev–Trinajstić information content (AvgIpc) is 2.96. The highest BCUT2D eigenvalue weighted by Gasteiger charge is 2.35. The van der Waals surface area contributed by atoms with Crippen molar-refractivity contribution >= 4 is 11.9 Å². The fraction of sp³-hybridized carbons (Fsp3) is 0.800. The van der Waals surface area contributed by atoms with Crippen molar-refractivity contribution in [3.8, 4) is 0 Å². The molecule has 1 aliphatic carbocycles. The number of nitrogens with two attached hydrogens (primary N) is 1. The number of carbonyl (C=O) groups is 2. The molecule has 1 unspecified atom stereocenters. The number of hydrogen-bond acceptors (Lipinski definition) is 3. The van der Waals surface area contributed by atoms with Crippen molar-refractivity contribution in [1.29, 1.82) is 0 Å². The van der Waals surface area contributed by atoms with Gasteiger partial charge < -0.3 is 15.7 Å². The molecule has 0 aromatic carbocycles. The summed E-state index contributed by atoms with van der Waals surface area (Å²) in [4.78, 5) is 23.9. The monoisotopic (exact) mass is 214 g/mol. The third-order valence-corrected chi connectivity index (χ3v) is 2.60. The van der Waals surface area contributed by atoms with Crippen molar-refractivity contribution in [3.05, 3.63) is 0 Å². The van der Waals surface area contributed by atoms with Gasteiger partial charge in [-0.2, -0.15) is 0 Å². The molecule has 0 spiro atoms. The summed E-state index contributed by atoms with van der Waals surface area (Å²) in [6.45, 7) is 2.07. The van der Waals surface area contributed by atoms with Crippen LogP contribution < -0.4 is 5.73 Å². The second kappa shape index (κ2) is 5.11. The summed E-state index contributed by atoms with van der Waals surface area (Å²) >= 11 is 0. The van der Waals surface area contributed by atoms with Gasteiger partial charge in [0.15, 0.2) is 0 Å². The molecule has 0 aliphatic heterocycles. The van der Waals surface area contributed by atoms with Gasteiger partial charge in [-0.1, -0.05) is 6.92 Å². The maximum atomic E-state index is 11.9. The lowest BCUT2D eigenvalue weighted by molar-refractivity contribution is -0.146. The third kappa shape index (κ3) is 3.51. The van der Waals surface area contributed by atoms with Crippen molar-refractivity contribution in [2.75, 3.05) is 13.1 Å². The number of amides is 1. The largest absolute Gasteiger partial charge is 0.480 e. The Morgan fingerprint density at radius 2 is 2.13 bits per heavy atom. The van der Waals surface area contributed by atoms with Crippen LogP contribution in [-0.2, 0) is 9.59 Å².